The Bertz CT molecular complexity index is 1160. The van der Waals surface area contributed by atoms with Gasteiger partial charge in [0, 0.05) is 26.9 Å². The van der Waals surface area contributed by atoms with Crippen molar-refractivity contribution in [2.45, 2.75) is 13.1 Å². The second-order valence-corrected chi connectivity index (χ2v) is 6.89. The van der Waals surface area contributed by atoms with Crippen LogP contribution in [-0.2, 0) is 6.18 Å². The molecule has 0 fully saturated rings. The summed E-state index contributed by atoms with van der Waals surface area (Å²) in [6.45, 7) is 1.91. The van der Waals surface area contributed by atoms with Crippen molar-refractivity contribution in [3.8, 4) is 5.69 Å². The second kappa shape index (κ2) is 5.57. The van der Waals surface area contributed by atoms with Gasteiger partial charge in [-0.25, -0.2) is 0 Å². The van der Waals surface area contributed by atoms with Crippen molar-refractivity contribution in [3.05, 3.63) is 58.5 Å². The lowest BCUT2D eigenvalue weighted by atomic mass is 10.1. The summed E-state index contributed by atoms with van der Waals surface area (Å²) in [5.74, 6) is -0.539. The minimum absolute atomic E-state index is 0.370. The van der Waals surface area contributed by atoms with E-state index in [-0.39, 0.29) is 0 Å². The maximum atomic E-state index is 12.8. The molecule has 4 aromatic rings. The van der Waals surface area contributed by atoms with Crippen LogP contribution in [0.2, 0.25) is 0 Å². The predicted octanol–water partition coefficient (Wildman–Crippen LogP) is 4.67. The van der Waals surface area contributed by atoms with Crippen molar-refractivity contribution in [1.29, 1.82) is 0 Å². The van der Waals surface area contributed by atoms with E-state index >= 15 is 0 Å². The summed E-state index contributed by atoms with van der Waals surface area (Å²) < 4.78 is 44.7. The van der Waals surface area contributed by atoms with Crippen molar-refractivity contribution in [2.75, 3.05) is 0 Å². The number of primary amides is 1. The van der Waals surface area contributed by atoms with Crippen molar-refractivity contribution in [3.63, 3.8) is 0 Å². The van der Waals surface area contributed by atoms with Crippen LogP contribution in [0.1, 0.15) is 20.8 Å². The van der Waals surface area contributed by atoms with Gasteiger partial charge in [0.05, 0.1) is 11.1 Å². The zero-order valence-corrected chi connectivity index (χ0v) is 14.3. The van der Waals surface area contributed by atoms with Gasteiger partial charge in [-0.15, -0.1) is 0 Å². The molecule has 0 saturated carbocycles. The van der Waals surface area contributed by atoms with Crippen LogP contribution in [-0.4, -0.2) is 14.8 Å². The maximum Gasteiger partial charge on any atom is 0.416 e. The van der Waals surface area contributed by atoms with Gasteiger partial charge in [0.1, 0.15) is 0 Å². The van der Waals surface area contributed by atoms with Crippen LogP contribution < -0.4 is 5.73 Å². The summed E-state index contributed by atoms with van der Waals surface area (Å²) in [5.41, 5.74) is 6.99. The molecule has 0 aliphatic carbocycles. The summed E-state index contributed by atoms with van der Waals surface area (Å²) in [5, 5.41) is 1.66. The van der Waals surface area contributed by atoms with Gasteiger partial charge in [-0.3, -0.25) is 9.36 Å². The quantitative estimate of drug-likeness (QED) is 0.554. The highest BCUT2D eigenvalue weighted by molar-refractivity contribution is 7.07. The molecule has 4 nitrogen and oxygen atoms in total. The Hall–Kier alpha value is -2.87. The monoisotopic (exact) mass is 375 g/mol. The summed E-state index contributed by atoms with van der Waals surface area (Å²) in [7, 11) is 0. The number of carbonyl (C=O) groups is 1. The maximum absolute atomic E-state index is 12.8. The highest BCUT2D eigenvalue weighted by Crippen LogP contribution is 2.36. The van der Waals surface area contributed by atoms with Crippen LogP contribution in [0.25, 0.3) is 27.6 Å². The van der Waals surface area contributed by atoms with Gasteiger partial charge in [0.15, 0.2) is 5.65 Å². The Kier molecular flexibility index (Phi) is 3.55. The largest absolute Gasteiger partial charge is 0.416 e. The van der Waals surface area contributed by atoms with Crippen LogP contribution in [0, 0.1) is 6.92 Å². The highest BCUT2D eigenvalue weighted by Gasteiger charge is 2.30. The van der Waals surface area contributed by atoms with E-state index in [1.54, 1.807) is 22.8 Å². The van der Waals surface area contributed by atoms with Gasteiger partial charge in [0.25, 0.3) is 0 Å². The normalized spacial score (nSPS) is 12.2. The Balaban J connectivity index is 2.01. The van der Waals surface area contributed by atoms with E-state index in [0.29, 0.717) is 16.9 Å². The number of rotatable bonds is 2. The molecule has 2 heterocycles. The molecule has 0 atom stereocenters. The van der Waals surface area contributed by atoms with Gasteiger partial charge in [-0.05, 0) is 60.9 Å². The fourth-order valence-electron chi connectivity index (χ4n) is 3.08. The fraction of sp³-hybridized carbons (Fsp3) is 0.111. The van der Waals surface area contributed by atoms with Gasteiger partial charge >= 0.3 is 6.18 Å². The molecule has 0 radical (unpaired) electrons. The smallest absolute Gasteiger partial charge is 0.366 e. The predicted molar refractivity (Wildman–Crippen MR) is 94.7 cm³/mol. The Labute approximate surface area is 149 Å². The second-order valence-electron chi connectivity index (χ2n) is 5.91. The molecule has 0 bridgehead atoms. The lowest BCUT2D eigenvalue weighted by Gasteiger charge is -2.10. The first-order chi connectivity index (χ1) is 12.3. The van der Waals surface area contributed by atoms with E-state index in [0.717, 1.165) is 33.3 Å². The van der Waals surface area contributed by atoms with Crippen LogP contribution in [0.3, 0.4) is 0 Å². The molecule has 0 spiro atoms. The number of carbonyl (C=O) groups excluding carboxylic acids is 1. The van der Waals surface area contributed by atoms with Crippen LogP contribution >= 0.6 is 11.5 Å². The molecule has 0 aliphatic heterocycles. The minimum atomic E-state index is -4.39. The van der Waals surface area contributed by atoms with Gasteiger partial charge < -0.3 is 5.73 Å². The molecule has 8 heteroatoms. The van der Waals surface area contributed by atoms with E-state index in [9.17, 15) is 18.0 Å². The lowest BCUT2D eigenvalue weighted by Crippen LogP contribution is -2.10. The van der Waals surface area contributed by atoms with Crippen molar-refractivity contribution >= 4 is 39.4 Å². The average Bonchev–Trinajstić information content (AvgIpc) is 3.11. The number of fused-ring (bicyclic) bond motifs is 3. The average molecular weight is 375 g/mol. The molecule has 4 rings (SSSR count). The topological polar surface area (TPSA) is 60.9 Å². The first kappa shape index (κ1) is 16.6. The number of aromatic nitrogens is 2. The molecule has 26 heavy (non-hydrogen) atoms. The zero-order chi connectivity index (χ0) is 18.6. The Morgan fingerprint density at radius 3 is 2.46 bits per heavy atom. The fourth-order valence-corrected chi connectivity index (χ4v) is 3.77. The van der Waals surface area contributed by atoms with Gasteiger partial charge in [-0.1, -0.05) is 0 Å². The molecule has 132 valence electrons. The lowest BCUT2D eigenvalue weighted by molar-refractivity contribution is -0.137. The molecule has 1 amide bonds. The summed E-state index contributed by atoms with van der Waals surface area (Å²) in [4.78, 5) is 12.5. The number of halogens is 3. The number of amides is 1. The number of nitrogens with zero attached hydrogens (tertiary/aromatic N) is 2. The number of aryl methyl sites for hydroxylation is 1. The number of hydrogen-bond acceptors (Lipinski definition) is 3. The molecule has 0 saturated heterocycles. The minimum Gasteiger partial charge on any atom is -0.366 e. The number of alkyl halides is 3. The molecule has 2 aromatic carbocycles. The highest BCUT2D eigenvalue weighted by atomic mass is 32.1. The van der Waals surface area contributed by atoms with E-state index in [2.05, 4.69) is 4.37 Å². The van der Waals surface area contributed by atoms with Gasteiger partial charge in [0.2, 0.25) is 5.91 Å². The van der Waals surface area contributed by atoms with Crippen LogP contribution in [0.5, 0.6) is 0 Å². The van der Waals surface area contributed by atoms with Crippen molar-refractivity contribution in [1.82, 2.24) is 8.94 Å². The summed E-state index contributed by atoms with van der Waals surface area (Å²) in [6.07, 6.45) is -4.39. The first-order valence-corrected chi connectivity index (χ1v) is 8.42. The summed E-state index contributed by atoms with van der Waals surface area (Å²) in [6, 6.07) is 9.95. The first-order valence-electron chi connectivity index (χ1n) is 7.65. The molecule has 0 unspecified atom stereocenters. The van der Waals surface area contributed by atoms with Crippen LogP contribution in [0.15, 0.2) is 42.5 Å². The van der Waals surface area contributed by atoms with Gasteiger partial charge in [-0.2, -0.15) is 17.5 Å². The molecule has 2 aromatic heterocycles. The van der Waals surface area contributed by atoms with E-state index in [1.165, 1.54) is 23.7 Å². The van der Waals surface area contributed by atoms with E-state index in [1.807, 2.05) is 6.92 Å². The summed E-state index contributed by atoms with van der Waals surface area (Å²) >= 11 is 1.30. The number of nitrogens with two attached hydrogens (primary N) is 1. The molecular formula is C18H12F3N3OS. The number of hydrogen-bond donors (Lipinski definition) is 1. The van der Waals surface area contributed by atoms with Crippen molar-refractivity contribution < 1.29 is 18.0 Å². The Morgan fingerprint density at radius 2 is 1.85 bits per heavy atom. The standard InChI is InChI=1S/C18H12F3N3OS/c1-9-15-13-8-10(16(22)25)2-7-14(13)24(17(15)23-26-9)12-5-3-11(4-6-12)18(19,20)21/h2-8H,1H3,(H2,22,25). The van der Waals surface area contributed by atoms with Crippen molar-refractivity contribution in [2.24, 2.45) is 5.73 Å². The van der Waals surface area contributed by atoms with Crippen LogP contribution in [0.4, 0.5) is 13.2 Å². The third-order valence-corrected chi connectivity index (χ3v) is 5.04. The molecule has 0 aliphatic rings. The SMILES string of the molecule is Cc1snc2c1c1cc(C(N)=O)ccc1n2-c1ccc(C(F)(F)F)cc1. The molecular weight excluding hydrogens is 363 g/mol. The molecule has 2 N–H and O–H groups in total. The zero-order valence-electron chi connectivity index (χ0n) is 13.5. The Morgan fingerprint density at radius 1 is 1.15 bits per heavy atom. The third kappa shape index (κ3) is 2.45. The number of benzene rings is 2. The van der Waals surface area contributed by atoms with E-state index in [4.69, 9.17) is 5.73 Å². The third-order valence-electron chi connectivity index (χ3n) is 4.30. The van der Waals surface area contributed by atoms with E-state index < -0.39 is 17.6 Å².